The first-order valence-corrected chi connectivity index (χ1v) is 7.34. The lowest BCUT2D eigenvalue weighted by Gasteiger charge is -1.94. The number of aromatic nitrogens is 3. The van der Waals surface area contributed by atoms with E-state index < -0.39 is 0 Å². The summed E-state index contributed by atoms with van der Waals surface area (Å²) in [5.41, 5.74) is 5.33. The number of aromatic amines is 1. The predicted octanol–water partition coefficient (Wildman–Crippen LogP) is 4.64. The summed E-state index contributed by atoms with van der Waals surface area (Å²) in [5, 5.41) is 2.46. The summed E-state index contributed by atoms with van der Waals surface area (Å²) >= 11 is 0. The van der Waals surface area contributed by atoms with Gasteiger partial charge in [-0.2, -0.15) is 0 Å². The summed E-state index contributed by atoms with van der Waals surface area (Å²) in [6.07, 6.45) is 4.16. The van der Waals surface area contributed by atoms with Crippen molar-refractivity contribution in [3.63, 3.8) is 0 Å². The Bertz CT molecular complexity index is 1120. The standard InChI is InChI=1S/C19H13N3/c1-2-6-13(7-3-1)17-12-22-11-10-15-14-8-4-5-9-16(14)20-18(15)19(22)21-17/h1-12,20H. The van der Waals surface area contributed by atoms with Gasteiger partial charge in [0.15, 0.2) is 5.65 Å². The van der Waals surface area contributed by atoms with Gasteiger partial charge in [0.25, 0.3) is 0 Å². The normalized spacial score (nSPS) is 11.6. The van der Waals surface area contributed by atoms with Crippen molar-refractivity contribution in [2.75, 3.05) is 0 Å². The summed E-state index contributed by atoms with van der Waals surface area (Å²) in [7, 11) is 0. The number of fused-ring (bicyclic) bond motifs is 5. The number of hydrogen-bond donors (Lipinski definition) is 1. The number of nitrogens with zero attached hydrogens (tertiary/aromatic N) is 2. The van der Waals surface area contributed by atoms with Crippen LogP contribution in [0.25, 0.3) is 38.7 Å². The second kappa shape index (κ2) is 4.21. The van der Waals surface area contributed by atoms with Crippen LogP contribution in [0.5, 0.6) is 0 Å². The Labute approximate surface area is 126 Å². The molecule has 0 saturated heterocycles. The Hall–Kier alpha value is -3.07. The van der Waals surface area contributed by atoms with Crippen molar-refractivity contribution in [3.8, 4) is 11.3 Å². The lowest BCUT2D eigenvalue weighted by molar-refractivity contribution is 1.20. The molecule has 22 heavy (non-hydrogen) atoms. The third-order valence-corrected chi connectivity index (χ3v) is 4.17. The number of hydrogen-bond acceptors (Lipinski definition) is 1. The second-order valence-electron chi connectivity index (χ2n) is 5.50. The minimum atomic E-state index is 0.965. The van der Waals surface area contributed by atoms with E-state index in [-0.39, 0.29) is 0 Å². The van der Waals surface area contributed by atoms with Gasteiger partial charge in [-0.15, -0.1) is 0 Å². The van der Waals surface area contributed by atoms with E-state index in [1.165, 1.54) is 10.8 Å². The molecule has 0 saturated carbocycles. The molecule has 5 aromatic rings. The molecule has 1 N–H and O–H groups in total. The molecule has 0 spiro atoms. The Balaban J connectivity index is 1.87. The van der Waals surface area contributed by atoms with E-state index in [1.54, 1.807) is 0 Å². The maximum atomic E-state index is 4.84. The molecular weight excluding hydrogens is 270 g/mol. The van der Waals surface area contributed by atoms with Gasteiger partial charge in [0.05, 0.1) is 11.2 Å². The van der Waals surface area contributed by atoms with Gasteiger partial charge < -0.3 is 9.38 Å². The molecule has 0 bridgehead atoms. The zero-order chi connectivity index (χ0) is 14.5. The zero-order valence-corrected chi connectivity index (χ0v) is 11.8. The van der Waals surface area contributed by atoms with Crippen LogP contribution in [-0.4, -0.2) is 14.4 Å². The number of pyridine rings is 1. The SMILES string of the molecule is c1ccc(-c2cn3ccc4c5ccccc5[nH]c4c3n2)cc1. The maximum absolute atomic E-state index is 4.84. The minimum Gasteiger partial charge on any atom is -0.351 e. The highest BCUT2D eigenvalue weighted by molar-refractivity contribution is 6.11. The molecular formula is C19H13N3. The first-order valence-electron chi connectivity index (χ1n) is 7.34. The van der Waals surface area contributed by atoms with Gasteiger partial charge in [-0.25, -0.2) is 4.98 Å². The van der Waals surface area contributed by atoms with Crippen molar-refractivity contribution >= 4 is 27.5 Å². The summed E-state index contributed by atoms with van der Waals surface area (Å²) in [6, 6.07) is 20.8. The van der Waals surface area contributed by atoms with Crippen molar-refractivity contribution in [1.29, 1.82) is 0 Å². The number of para-hydroxylation sites is 1. The van der Waals surface area contributed by atoms with Crippen molar-refractivity contribution in [2.45, 2.75) is 0 Å². The van der Waals surface area contributed by atoms with Crippen LogP contribution in [0, 0.1) is 0 Å². The molecule has 0 amide bonds. The van der Waals surface area contributed by atoms with Crippen LogP contribution in [0.4, 0.5) is 0 Å². The lowest BCUT2D eigenvalue weighted by atomic mass is 10.2. The van der Waals surface area contributed by atoms with Crippen molar-refractivity contribution in [1.82, 2.24) is 14.4 Å². The quantitative estimate of drug-likeness (QED) is 0.478. The van der Waals surface area contributed by atoms with Crippen LogP contribution in [0.15, 0.2) is 73.1 Å². The molecule has 0 unspecified atom stereocenters. The summed E-state index contributed by atoms with van der Waals surface area (Å²) in [5.74, 6) is 0. The molecule has 0 aliphatic heterocycles. The molecule has 104 valence electrons. The molecule has 5 rings (SSSR count). The van der Waals surface area contributed by atoms with Crippen LogP contribution in [0.2, 0.25) is 0 Å². The molecule has 0 aliphatic carbocycles. The van der Waals surface area contributed by atoms with Gasteiger partial charge in [-0.3, -0.25) is 0 Å². The topological polar surface area (TPSA) is 33.1 Å². The fraction of sp³-hybridized carbons (Fsp3) is 0. The van der Waals surface area contributed by atoms with Gasteiger partial charge in [0.1, 0.15) is 0 Å². The van der Waals surface area contributed by atoms with E-state index in [4.69, 9.17) is 4.98 Å². The highest BCUT2D eigenvalue weighted by Gasteiger charge is 2.11. The average molecular weight is 283 g/mol. The fourth-order valence-corrected chi connectivity index (χ4v) is 3.11. The Morgan fingerprint density at radius 3 is 2.55 bits per heavy atom. The monoisotopic (exact) mass is 283 g/mol. The highest BCUT2D eigenvalue weighted by Crippen LogP contribution is 2.29. The molecule has 0 aliphatic rings. The van der Waals surface area contributed by atoms with Crippen LogP contribution < -0.4 is 0 Å². The predicted molar refractivity (Wildman–Crippen MR) is 90.0 cm³/mol. The highest BCUT2D eigenvalue weighted by atomic mass is 15.0. The van der Waals surface area contributed by atoms with Crippen LogP contribution in [0.3, 0.4) is 0 Å². The van der Waals surface area contributed by atoms with E-state index in [0.29, 0.717) is 0 Å². The number of nitrogens with one attached hydrogen (secondary N) is 1. The van der Waals surface area contributed by atoms with Gasteiger partial charge in [-0.1, -0.05) is 48.5 Å². The largest absolute Gasteiger partial charge is 0.351 e. The van der Waals surface area contributed by atoms with E-state index in [0.717, 1.165) is 27.9 Å². The van der Waals surface area contributed by atoms with Crippen molar-refractivity contribution in [2.24, 2.45) is 0 Å². The lowest BCUT2D eigenvalue weighted by Crippen LogP contribution is -1.82. The van der Waals surface area contributed by atoms with Crippen LogP contribution >= 0.6 is 0 Å². The number of rotatable bonds is 1. The summed E-state index contributed by atoms with van der Waals surface area (Å²) < 4.78 is 2.08. The molecule has 3 aromatic heterocycles. The van der Waals surface area contributed by atoms with Gasteiger partial charge in [0.2, 0.25) is 0 Å². The molecule has 3 nitrogen and oxygen atoms in total. The molecule has 0 radical (unpaired) electrons. The van der Waals surface area contributed by atoms with E-state index in [1.807, 2.05) is 18.2 Å². The number of benzene rings is 2. The fourth-order valence-electron chi connectivity index (χ4n) is 3.11. The average Bonchev–Trinajstić information content (AvgIpc) is 3.16. The van der Waals surface area contributed by atoms with Crippen molar-refractivity contribution < 1.29 is 0 Å². The maximum Gasteiger partial charge on any atom is 0.161 e. The molecule has 0 atom stereocenters. The number of H-pyrrole nitrogens is 1. The second-order valence-corrected chi connectivity index (χ2v) is 5.50. The molecule has 2 aromatic carbocycles. The Kier molecular flexibility index (Phi) is 2.22. The third kappa shape index (κ3) is 1.53. The van der Waals surface area contributed by atoms with Crippen molar-refractivity contribution in [3.05, 3.63) is 73.1 Å². The number of imidazole rings is 1. The molecule has 3 heteroatoms. The van der Waals surface area contributed by atoms with Gasteiger partial charge in [-0.05, 0) is 12.1 Å². The molecule has 3 heterocycles. The minimum absolute atomic E-state index is 0.965. The first-order chi connectivity index (χ1) is 10.9. The Morgan fingerprint density at radius 1 is 0.818 bits per heavy atom. The van der Waals surface area contributed by atoms with E-state index >= 15 is 0 Å². The summed E-state index contributed by atoms with van der Waals surface area (Å²) in [6.45, 7) is 0. The van der Waals surface area contributed by atoms with E-state index in [2.05, 4.69) is 64.2 Å². The van der Waals surface area contributed by atoms with Gasteiger partial charge in [0, 0.05) is 34.2 Å². The zero-order valence-electron chi connectivity index (χ0n) is 11.8. The van der Waals surface area contributed by atoms with Crippen LogP contribution in [-0.2, 0) is 0 Å². The Morgan fingerprint density at radius 2 is 1.64 bits per heavy atom. The van der Waals surface area contributed by atoms with E-state index in [9.17, 15) is 0 Å². The molecule has 0 fully saturated rings. The first kappa shape index (κ1) is 11.6. The smallest absolute Gasteiger partial charge is 0.161 e. The third-order valence-electron chi connectivity index (χ3n) is 4.17. The summed E-state index contributed by atoms with van der Waals surface area (Å²) in [4.78, 5) is 8.34. The van der Waals surface area contributed by atoms with Gasteiger partial charge >= 0.3 is 0 Å². The van der Waals surface area contributed by atoms with Crippen LogP contribution in [0.1, 0.15) is 0 Å².